The molecule has 19 heavy (non-hydrogen) atoms. The highest BCUT2D eigenvalue weighted by molar-refractivity contribution is 5.29. The second-order valence-electron chi connectivity index (χ2n) is 6.81. The van der Waals surface area contributed by atoms with Crippen LogP contribution in [0.25, 0.3) is 0 Å². The van der Waals surface area contributed by atoms with Gasteiger partial charge in [0.1, 0.15) is 0 Å². The molecule has 0 aliphatic heterocycles. The van der Waals surface area contributed by atoms with E-state index in [1.54, 1.807) is 0 Å². The Morgan fingerprint density at radius 3 is 2.68 bits per heavy atom. The average Bonchev–Trinajstić information content (AvgIpc) is 2.71. The minimum absolute atomic E-state index is 0.627. The molecule has 3 atom stereocenters. The SMILES string of the molecule is Cc1cn(C2CCC(C)C(C)C2)c(NCC(C)C)n1. The maximum absolute atomic E-state index is 4.65. The summed E-state index contributed by atoms with van der Waals surface area (Å²) in [5.74, 6) is 3.40. The fraction of sp³-hybridized carbons (Fsp3) is 0.812. The molecule has 1 aliphatic carbocycles. The second kappa shape index (κ2) is 5.98. The molecular weight excluding hydrogens is 234 g/mol. The third-order valence-electron chi connectivity index (χ3n) is 4.49. The molecule has 1 aromatic rings. The molecule has 0 amide bonds. The van der Waals surface area contributed by atoms with Crippen molar-refractivity contribution in [2.24, 2.45) is 17.8 Å². The van der Waals surface area contributed by atoms with E-state index in [-0.39, 0.29) is 0 Å². The Kier molecular flexibility index (Phi) is 4.54. The molecule has 2 rings (SSSR count). The van der Waals surface area contributed by atoms with Gasteiger partial charge in [-0.25, -0.2) is 4.98 Å². The molecule has 1 aromatic heterocycles. The van der Waals surface area contributed by atoms with Gasteiger partial charge in [0, 0.05) is 18.8 Å². The average molecular weight is 263 g/mol. The first-order valence-electron chi connectivity index (χ1n) is 7.76. The van der Waals surface area contributed by atoms with Crippen LogP contribution in [0.5, 0.6) is 0 Å². The lowest BCUT2D eigenvalue weighted by molar-refractivity contribution is 0.212. The molecule has 0 aromatic carbocycles. The van der Waals surface area contributed by atoms with Crippen LogP contribution >= 0.6 is 0 Å². The third-order valence-corrected chi connectivity index (χ3v) is 4.49. The van der Waals surface area contributed by atoms with E-state index in [9.17, 15) is 0 Å². The van der Waals surface area contributed by atoms with Crippen LogP contribution in [0.1, 0.15) is 58.7 Å². The summed E-state index contributed by atoms with van der Waals surface area (Å²) in [6.45, 7) is 12.3. The van der Waals surface area contributed by atoms with Gasteiger partial charge in [0.15, 0.2) is 0 Å². The Balaban J connectivity index is 2.10. The van der Waals surface area contributed by atoms with Crippen molar-refractivity contribution in [1.82, 2.24) is 9.55 Å². The van der Waals surface area contributed by atoms with Gasteiger partial charge in [-0.05, 0) is 43.9 Å². The molecule has 1 fully saturated rings. The summed E-state index contributed by atoms with van der Waals surface area (Å²) in [5, 5.41) is 3.51. The van der Waals surface area contributed by atoms with Gasteiger partial charge in [-0.3, -0.25) is 0 Å². The van der Waals surface area contributed by atoms with E-state index in [1.807, 2.05) is 0 Å². The standard InChI is InChI=1S/C16H29N3/c1-11(2)9-17-16-18-14(5)10-19(16)15-7-6-12(3)13(4)8-15/h10-13,15H,6-9H2,1-5H3,(H,17,18). The van der Waals surface area contributed by atoms with Crippen molar-refractivity contribution in [3.63, 3.8) is 0 Å². The van der Waals surface area contributed by atoms with Crippen LogP contribution in [0, 0.1) is 24.7 Å². The van der Waals surface area contributed by atoms with Gasteiger partial charge in [-0.1, -0.05) is 27.7 Å². The van der Waals surface area contributed by atoms with E-state index in [4.69, 9.17) is 0 Å². The minimum atomic E-state index is 0.627. The fourth-order valence-electron chi connectivity index (χ4n) is 2.99. The van der Waals surface area contributed by atoms with Crippen LogP contribution in [-0.2, 0) is 0 Å². The van der Waals surface area contributed by atoms with Gasteiger partial charge in [-0.2, -0.15) is 0 Å². The maximum Gasteiger partial charge on any atom is 0.203 e. The molecule has 0 spiro atoms. The lowest BCUT2D eigenvalue weighted by Crippen LogP contribution is -2.24. The zero-order valence-electron chi connectivity index (χ0n) is 13.1. The highest BCUT2D eigenvalue weighted by Crippen LogP contribution is 2.37. The van der Waals surface area contributed by atoms with E-state index in [2.05, 4.69) is 55.7 Å². The van der Waals surface area contributed by atoms with Gasteiger partial charge in [0.25, 0.3) is 0 Å². The van der Waals surface area contributed by atoms with Crippen molar-refractivity contribution in [3.05, 3.63) is 11.9 Å². The molecule has 1 saturated carbocycles. The van der Waals surface area contributed by atoms with Gasteiger partial charge in [0.2, 0.25) is 5.95 Å². The number of rotatable bonds is 4. The van der Waals surface area contributed by atoms with Gasteiger partial charge in [-0.15, -0.1) is 0 Å². The van der Waals surface area contributed by atoms with Gasteiger partial charge in [0.05, 0.1) is 5.69 Å². The monoisotopic (exact) mass is 263 g/mol. The highest BCUT2D eigenvalue weighted by atomic mass is 15.2. The Morgan fingerprint density at radius 1 is 1.32 bits per heavy atom. The molecular formula is C16H29N3. The van der Waals surface area contributed by atoms with Crippen molar-refractivity contribution in [2.45, 2.75) is 59.9 Å². The fourth-order valence-corrected chi connectivity index (χ4v) is 2.99. The number of aryl methyl sites for hydroxylation is 1. The second-order valence-corrected chi connectivity index (χ2v) is 6.81. The van der Waals surface area contributed by atoms with E-state index < -0.39 is 0 Å². The lowest BCUT2D eigenvalue weighted by atomic mass is 9.79. The minimum Gasteiger partial charge on any atom is -0.355 e. The molecule has 0 radical (unpaired) electrons. The molecule has 0 saturated heterocycles. The van der Waals surface area contributed by atoms with Crippen LogP contribution in [-0.4, -0.2) is 16.1 Å². The molecule has 1 N–H and O–H groups in total. The van der Waals surface area contributed by atoms with Crippen molar-refractivity contribution in [2.75, 3.05) is 11.9 Å². The summed E-state index contributed by atoms with van der Waals surface area (Å²) in [4.78, 5) is 4.65. The molecule has 0 bridgehead atoms. The molecule has 3 nitrogen and oxygen atoms in total. The van der Waals surface area contributed by atoms with Gasteiger partial charge < -0.3 is 9.88 Å². The number of imidazole rings is 1. The van der Waals surface area contributed by atoms with E-state index in [1.165, 1.54) is 19.3 Å². The summed E-state index contributed by atoms with van der Waals surface area (Å²) < 4.78 is 2.39. The lowest BCUT2D eigenvalue weighted by Gasteiger charge is -2.33. The predicted molar refractivity (Wildman–Crippen MR) is 81.5 cm³/mol. The molecule has 3 unspecified atom stereocenters. The number of anilines is 1. The maximum atomic E-state index is 4.65. The van der Waals surface area contributed by atoms with E-state index >= 15 is 0 Å². The first-order valence-corrected chi connectivity index (χ1v) is 7.76. The molecule has 1 heterocycles. The largest absolute Gasteiger partial charge is 0.355 e. The van der Waals surface area contributed by atoms with Crippen molar-refractivity contribution >= 4 is 5.95 Å². The number of hydrogen-bond acceptors (Lipinski definition) is 2. The topological polar surface area (TPSA) is 29.9 Å². The van der Waals surface area contributed by atoms with Gasteiger partial charge >= 0.3 is 0 Å². The van der Waals surface area contributed by atoms with Crippen molar-refractivity contribution < 1.29 is 0 Å². The first kappa shape index (κ1) is 14.4. The number of nitrogens with one attached hydrogen (secondary N) is 1. The summed E-state index contributed by atoms with van der Waals surface area (Å²) in [6, 6.07) is 0.627. The van der Waals surface area contributed by atoms with E-state index in [0.29, 0.717) is 12.0 Å². The van der Waals surface area contributed by atoms with Crippen LogP contribution < -0.4 is 5.32 Å². The third kappa shape index (κ3) is 3.52. The zero-order chi connectivity index (χ0) is 14.0. The molecule has 3 heteroatoms. The number of aromatic nitrogens is 2. The van der Waals surface area contributed by atoms with Crippen LogP contribution in [0.2, 0.25) is 0 Å². The molecule has 108 valence electrons. The number of nitrogens with zero attached hydrogens (tertiary/aromatic N) is 2. The summed E-state index contributed by atoms with van der Waals surface area (Å²) in [5.41, 5.74) is 1.12. The summed E-state index contributed by atoms with van der Waals surface area (Å²) in [6.07, 6.45) is 6.13. The number of hydrogen-bond donors (Lipinski definition) is 1. The van der Waals surface area contributed by atoms with Crippen LogP contribution in [0.3, 0.4) is 0 Å². The Bertz CT molecular complexity index is 408. The van der Waals surface area contributed by atoms with Crippen molar-refractivity contribution in [1.29, 1.82) is 0 Å². The molecule has 1 aliphatic rings. The Hall–Kier alpha value is -0.990. The zero-order valence-corrected chi connectivity index (χ0v) is 13.1. The normalized spacial score (nSPS) is 27.8. The quantitative estimate of drug-likeness (QED) is 0.879. The Morgan fingerprint density at radius 2 is 2.05 bits per heavy atom. The summed E-state index contributed by atoms with van der Waals surface area (Å²) in [7, 11) is 0. The smallest absolute Gasteiger partial charge is 0.203 e. The van der Waals surface area contributed by atoms with Crippen molar-refractivity contribution in [3.8, 4) is 0 Å². The van der Waals surface area contributed by atoms with Crippen LogP contribution in [0.4, 0.5) is 5.95 Å². The first-order chi connectivity index (χ1) is 8.97. The Labute approximate surface area is 117 Å². The predicted octanol–water partition coefficient (Wildman–Crippen LogP) is 4.26. The van der Waals surface area contributed by atoms with E-state index in [0.717, 1.165) is 30.0 Å². The summed E-state index contributed by atoms with van der Waals surface area (Å²) >= 11 is 0. The highest BCUT2D eigenvalue weighted by Gasteiger charge is 2.27. The van der Waals surface area contributed by atoms with Crippen LogP contribution in [0.15, 0.2) is 6.20 Å².